The number of amides is 1. The molecule has 1 fully saturated rings. The predicted molar refractivity (Wildman–Crippen MR) is 57.9 cm³/mol. The Labute approximate surface area is 98.6 Å². The Kier molecular flexibility index (Phi) is 3.30. The molecule has 0 atom stereocenters. The maximum atomic E-state index is 11.9. The minimum Gasteiger partial charge on any atom is -0.381 e. The van der Waals surface area contributed by atoms with Crippen molar-refractivity contribution in [1.82, 2.24) is 15.3 Å². The largest absolute Gasteiger partial charge is 0.381 e. The standard InChI is InChI=1S/C11H12N4O2/c12-8-11(1-5-17-6-2-11)15-10(16)9-7-13-3-4-14-9/h3-4,7H,1-2,5-6H2,(H,15,16). The zero-order valence-electron chi connectivity index (χ0n) is 9.22. The van der Waals surface area contributed by atoms with Crippen molar-refractivity contribution in [2.45, 2.75) is 18.4 Å². The molecule has 0 unspecified atom stereocenters. The summed E-state index contributed by atoms with van der Waals surface area (Å²) in [4.78, 5) is 19.6. The molecule has 2 rings (SSSR count). The lowest BCUT2D eigenvalue weighted by Gasteiger charge is -2.31. The lowest BCUT2D eigenvalue weighted by molar-refractivity contribution is 0.0529. The van der Waals surface area contributed by atoms with Gasteiger partial charge in [-0.15, -0.1) is 0 Å². The molecule has 88 valence electrons. The summed E-state index contributed by atoms with van der Waals surface area (Å²) >= 11 is 0. The molecular weight excluding hydrogens is 220 g/mol. The molecule has 1 aliphatic heterocycles. The highest BCUT2D eigenvalue weighted by Gasteiger charge is 2.34. The molecule has 1 N–H and O–H groups in total. The smallest absolute Gasteiger partial charge is 0.272 e. The molecule has 0 saturated carbocycles. The highest BCUT2D eigenvalue weighted by Crippen LogP contribution is 2.20. The number of hydrogen-bond donors (Lipinski definition) is 1. The van der Waals surface area contributed by atoms with Crippen LogP contribution in [0.3, 0.4) is 0 Å². The van der Waals surface area contributed by atoms with Gasteiger partial charge in [-0.3, -0.25) is 9.78 Å². The number of rotatable bonds is 2. The Hall–Kier alpha value is -2.00. The van der Waals surface area contributed by atoms with Crippen LogP contribution < -0.4 is 5.32 Å². The number of nitrogens with zero attached hydrogens (tertiary/aromatic N) is 3. The van der Waals surface area contributed by atoms with Crippen molar-refractivity contribution >= 4 is 5.91 Å². The monoisotopic (exact) mass is 232 g/mol. The lowest BCUT2D eigenvalue weighted by Crippen LogP contribution is -2.51. The first kappa shape index (κ1) is 11.5. The van der Waals surface area contributed by atoms with Crippen molar-refractivity contribution < 1.29 is 9.53 Å². The molecular formula is C11H12N4O2. The number of carbonyl (C=O) groups is 1. The van der Waals surface area contributed by atoms with Gasteiger partial charge in [-0.05, 0) is 0 Å². The van der Waals surface area contributed by atoms with Gasteiger partial charge in [0.2, 0.25) is 0 Å². The summed E-state index contributed by atoms with van der Waals surface area (Å²) in [7, 11) is 0. The second-order valence-electron chi connectivity index (χ2n) is 3.85. The van der Waals surface area contributed by atoms with Crippen LogP contribution in [-0.4, -0.2) is 34.6 Å². The van der Waals surface area contributed by atoms with E-state index >= 15 is 0 Å². The van der Waals surface area contributed by atoms with Crippen LogP contribution in [0.15, 0.2) is 18.6 Å². The van der Waals surface area contributed by atoms with Gasteiger partial charge in [0, 0.05) is 38.4 Å². The van der Waals surface area contributed by atoms with Crippen LogP contribution in [0, 0.1) is 11.3 Å². The van der Waals surface area contributed by atoms with Crippen molar-refractivity contribution in [2.24, 2.45) is 0 Å². The van der Waals surface area contributed by atoms with E-state index in [4.69, 9.17) is 4.74 Å². The maximum Gasteiger partial charge on any atom is 0.272 e. The number of nitrogens with one attached hydrogen (secondary N) is 1. The Bertz CT molecular complexity index is 435. The van der Waals surface area contributed by atoms with E-state index < -0.39 is 5.54 Å². The van der Waals surface area contributed by atoms with Gasteiger partial charge in [0.15, 0.2) is 0 Å². The van der Waals surface area contributed by atoms with Gasteiger partial charge in [-0.1, -0.05) is 0 Å². The zero-order chi connectivity index (χ0) is 12.1. The fraction of sp³-hybridized carbons (Fsp3) is 0.455. The SMILES string of the molecule is N#CC1(NC(=O)c2cnccn2)CCOCC1. The first-order valence-corrected chi connectivity index (χ1v) is 5.33. The second kappa shape index (κ2) is 4.89. The van der Waals surface area contributed by atoms with Crippen molar-refractivity contribution in [3.8, 4) is 6.07 Å². The van der Waals surface area contributed by atoms with Crippen LogP contribution in [0.1, 0.15) is 23.3 Å². The van der Waals surface area contributed by atoms with Crippen LogP contribution in [0.2, 0.25) is 0 Å². The van der Waals surface area contributed by atoms with E-state index in [0.717, 1.165) is 0 Å². The van der Waals surface area contributed by atoms with E-state index in [1.54, 1.807) is 0 Å². The average Bonchev–Trinajstić information content (AvgIpc) is 2.41. The van der Waals surface area contributed by atoms with E-state index in [-0.39, 0.29) is 11.6 Å². The van der Waals surface area contributed by atoms with Gasteiger partial charge in [0.25, 0.3) is 5.91 Å². The van der Waals surface area contributed by atoms with Gasteiger partial charge in [0.1, 0.15) is 11.2 Å². The predicted octanol–water partition coefficient (Wildman–Crippen LogP) is 0.279. The quantitative estimate of drug-likeness (QED) is 0.791. The summed E-state index contributed by atoms with van der Waals surface area (Å²) in [5.41, 5.74) is -0.624. The molecule has 1 aromatic heterocycles. The highest BCUT2D eigenvalue weighted by molar-refractivity contribution is 5.92. The number of ether oxygens (including phenoxy) is 1. The molecule has 0 radical (unpaired) electrons. The molecule has 0 aliphatic carbocycles. The summed E-state index contributed by atoms with van der Waals surface area (Å²) in [6.07, 6.45) is 5.30. The van der Waals surface area contributed by atoms with Crippen LogP contribution in [0.25, 0.3) is 0 Å². The van der Waals surface area contributed by atoms with Crippen LogP contribution in [-0.2, 0) is 4.74 Å². The van der Waals surface area contributed by atoms with Gasteiger partial charge < -0.3 is 10.1 Å². The minimum atomic E-state index is -0.840. The number of aromatic nitrogens is 2. The van der Waals surface area contributed by atoms with E-state index in [1.807, 2.05) is 0 Å². The molecule has 6 heteroatoms. The molecule has 2 heterocycles. The van der Waals surface area contributed by atoms with Gasteiger partial charge in [-0.2, -0.15) is 5.26 Å². The summed E-state index contributed by atoms with van der Waals surface area (Å²) in [6.45, 7) is 0.961. The first-order valence-electron chi connectivity index (χ1n) is 5.33. The topological polar surface area (TPSA) is 87.9 Å². The first-order chi connectivity index (χ1) is 8.26. The van der Waals surface area contributed by atoms with Crippen LogP contribution in [0.5, 0.6) is 0 Å². The number of hydrogen-bond acceptors (Lipinski definition) is 5. The number of nitriles is 1. The van der Waals surface area contributed by atoms with Gasteiger partial charge in [0.05, 0.1) is 12.3 Å². The van der Waals surface area contributed by atoms with Crippen LogP contribution >= 0.6 is 0 Å². The minimum absolute atomic E-state index is 0.216. The Morgan fingerprint density at radius 1 is 1.47 bits per heavy atom. The normalized spacial score (nSPS) is 18.1. The van der Waals surface area contributed by atoms with Crippen molar-refractivity contribution in [3.63, 3.8) is 0 Å². The van der Waals surface area contributed by atoms with E-state index in [1.165, 1.54) is 18.6 Å². The average molecular weight is 232 g/mol. The van der Waals surface area contributed by atoms with Crippen molar-refractivity contribution in [2.75, 3.05) is 13.2 Å². The molecule has 0 aromatic carbocycles. The Morgan fingerprint density at radius 2 is 2.24 bits per heavy atom. The second-order valence-corrected chi connectivity index (χ2v) is 3.85. The Balaban J connectivity index is 2.10. The molecule has 0 bridgehead atoms. The lowest BCUT2D eigenvalue weighted by atomic mass is 9.91. The van der Waals surface area contributed by atoms with E-state index in [0.29, 0.717) is 26.1 Å². The third-order valence-electron chi connectivity index (χ3n) is 2.71. The highest BCUT2D eigenvalue weighted by atomic mass is 16.5. The molecule has 1 amide bonds. The number of carbonyl (C=O) groups excluding carboxylic acids is 1. The molecule has 6 nitrogen and oxygen atoms in total. The molecule has 1 aromatic rings. The maximum absolute atomic E-state index is 11.9. The van der Waals surface area contributed by atoms with E-state index in [2.05, 4.69) is 21.4 Å². The van der Waals surface area contributed by atoms with Crippen molar-refractivity contribution in [3.05, 3.63) is 24.3 Å². The summed E-state index contributed by atoms with van der Waals surface area (Å²) in [5.74, 6) is -0.374. The molecule has 1 saturated heterocycles. The Morgan fingerprint density at radius 3 is 2.82 bits per heavy atom. The molecule has 1 aliphatic rings. The summed E-state index contributed by atoms with van der Waals surface area (Å²) in [6, 6.07) is 2.16. The van der Waals surface area contributed by atoms with Crippen LogP contribution in [0.4, 0.5) is 0 Å². The fourth-order valence-corrected chi connectivity index (χ4v) is 1.68. The van der Waals surface area contributed by atoms with Gasteiger partial charge >= 0.3 is 0 Å². The third-order valence-corrected chi connectivity index (χ3v) is 2.71. The molecule has 0 spiro atoms. The fourth-order valence-electron chi connectivity index (χ4n) is 1.68. The third kappa shape index (κ3) is 2.57. The van der Waals surface area contributed by atoms with Gasteiger partial charge in [-0.25, -0.2) is 4.98 Å². The zero-order valence-corrected chi connectivity index (χ0v) is 9.22. The summed E-state index contributed by atoms with van der Waals surface area (Å²) in [5, 5.41) is 11.9. The van der Waals surface area contributed by atoms with E-state index in [9.17, 15) is 10.1 Å². The molecule has 17 heavy (non-hydrogen) atoms. The van der Waals surface area contributed by atoms with Crippen molar-refractivity contribution in [1.29, 1.82) is 5.26 Å². The summed E-state index contributed by atoms with van der Waals surface area (Å²) < 4.78 is 5.18.